The van der Waals surface area contributed by atoms with Crippen molar-refractivity contribution < 1.29 is 19.1 Å². The Morgan fingerprint density at radius 2 is 1.79 bits per heavy atom. The molecule has 1 aliphatic carbocycles. The minimum absolute atomic E-state index is 0.0472. The quantitative estimate of drug-likeness (QED) is 0.634. The van der Waals surface area contributed by atoms with Gasteiger partial charge < -0.3 is 10.1 Å². The smallest absolute Gasteiger partial charge is 0.358 e. The highest BCUT2D eigenvalue weighted by molar-refractivity contribution is 6.30. The Kier molecular flexibility index (Phi) is 7.26. The monoisotopic (exact) mass is 486 g/mol. The number of carbonyl (C=O) groups excluding carboxylic acids is 3. The van der Waals surface area contributed by atoms with Gasteiger partial charge in [0.25, 0.3) is 5.91 Å². The Morgan fingerprint density at radius 1 is 1.15 bits per heavy atom. The zero-order valence-electron chi connectivity index (χ0n) is 19.7. The minimum atomic E-state index is -1.25. The molecule has 1 atom stereocenters. The summed E-state index contributed by atoms with van der Waals surface area (Å²) >= 11 is 6.08. The fraction of sp³-hybridized carbons (Fsp3) is 0.520. The van der Waals surface area contributed by atoms with Crippen molar-refractivity contribution in [1.29, 1.82) is 0 Å². The largest absolute Gasteiger partial charge is 0.461 e. The highest BCUT2D eigenvalue weighted by atomic mass is 35.5. The van der Waals surface area contributed by atoms with E-state index in [9.17, 15) is 14.4 Å². The lowest BCUT2D eigenvalue weighted by Gasteiger charge is -2.43. The van der Waals surface area contributed by atoms with Gasteiger partial charge in [0.2, 0.25) is 5.91 Å². The molecule has 1 aromatic carbocycles. The van der Waals surface area contributed by atoms with Crippen LogP contribution in [0.25, 0.3) is 0 Å². The number of halogens is 1. The number of esters is 1. The van der Waals surface area contributed by atoms with E-state index >= 15 is 0 Å². The van der Waals surface area contributed by atoms with E-state index in [1.54, 1.807) is 38.1 Å². The first-order valence-corrected chi connectivity index (χ1v) is 12.4. The summed E-state index contributed by atoms with van der Waals surface area (Å²) in [6.45, 7) is 3.76. The van der Waals surface area contributed by atoms with Crippen LogP contribution in [0, 0.1) is 0 Å². The van der Waals surface area contributed by atoms with Crippen LogP contribution in [0.5, 0.6) is 0 Å². The average molecular weight is 487 g/mol. The molecule has 2 heterocycles. The van der Waals surface area contributed by atoms with Gasteiger partial charge in [0.05, 0.1) is 13.2 Å². The third-order valence-corrected chi connectivity index (χ3v) is 6.90. The van der Waals surface area contributed by atoms with Crippen molar-refractivity contribution in [2.75, 3.05) is 11.5 Å². The number of fused-ring (bicyclic) bond motifs is 1. The molecule has 1 fully saturated rings. The second-order valence-corrected chi connectivity index (χ2v) is 9.64. The molecule has 1 N–H and O–H groups in total. The molecule has 8 nitrogen and oxygen atoms in total. The first kappa shape index (κ1) is 24.3. The lowest BCUT2D eigenvalue weighted by Crippen LogP contribution is -2.65. The summed E-state index contributed by atoms with van der Waals surface area (Å²) in [7, 11) is 0. The molecule has 34 heavy (non-hydrogen) atoms. The van der Waals surface area contributed by atoms with Crippen LogP contribution in [0.1, 0.15) is 79.8 Å². The summed E-state index contributed by atoms with van der Waals surface area (Å²) in [5.74, 6) is -1.25. The Balaban J connectivity index is 1.70. The maximum Gasteiger partial charge on any atom is 0.358 e. The second-order valence-electron chi connectivity index (χ2n) is 9.20. The van der Waals surface area contributed by atoms with Crippen LogP contribution in [0.4, 0.5) is 5.69 Å². The second kappa shape index (κ2) is 10.2. The first-order chi connectivity index (χ1) is 16.3. The lowest BCUT2D eigenvalue weighted by atomic mass is 9.91. The van der Waals surface area contributed by atoms with Crippen LogP contribution in [-0.4, -0.2) is 45.8 Å². The summed E-state index contributed by atoms with van der Waals surface area (Å²) in [5, 5.41) is 8.06. The summed E-state index contributed by atoms with van der Waals surface area (Å²) < 4.78 is 6.50. The number of hydrogen-bond acceptors (Lipinski definition) is 5. The van der Waals surface area contributed by atoms with Gasteiger partial charge in [-0.05, 0) is 51.0 Å². The summed E-state index contributed by atoms with van der Waals surface area (Å²) in [6.07, 6.45) is 7.59. The molecule has 1 saturated carbocycles. The molecular formula is C25H31ClN4O4. The van der Waals surface area contributed by atoms with Gasteiger partial charge in [-0.25, -0.2) is 4.79 Å². The van der Waals surface area contributed by atoms with Crippen LogP contribution in [0.2, 0.25) is 5.02 Å². The molecule has 1 aromatic heterocycles. The van der Waals surface area contributed by atoms with Crippen molar-refractivity contribution in [2.45, 2.75) is 76.9 Å². The molecule has 182 valence electrons. The number of nitrogens with one attached hydrogen (secondary N) is 1. The summed E-state index contributed by atoms with van der Waals surface area (Å²) in [5.41, 5.74) is -0.423. The standard InChI is InChI=1S/C25H31ClN4O4/c1-3-34-23(32)20-15-21-22(31)30(19-13-11-17(26)12-14-19)25(2,16-29(21)28-20)24(33)27-18-9-7-5-4-6-8-10-18/h11-15,18H,3-10,16H2,1-2H3,(H,27,33). The van der Waals surface area contributed by atoms with Gasteiger partial charge >= 0.3 is 5.97 Å². The molecule has 2 aromatic rings. The number of aromatic nitrogens is 2. The normalized spacial score (nSPS) is 21.4. The van der Waals surface area contributed by atoms with E-state index in [4.69, 9.17) is 16.3 Å². The number of anilines is 1. The van der Waals surface area contributed by atoms with Gasteiger partial charge in [0.15, 0.2) is 5.69 Å². The highest BCUT2D eigenvalue weighted by Crippen LogP contribution is 2.34. The zero-order chi connectivity index (χ0) is 24.3. The van der Waals surface area contributed by atoms with Crippen LogP contribution in [-0.2, 0) is 16.1 Å². The van der Waals surface area contributed by atoms with E-state index in [2.05, 4.69) is 10.4 Å². The molecule has 9 heteroatoms. The van der Waals surface area contributed by atoms with Crippen molar-refractivity contribution in [3.63, 3.8) is 0 Å². The van der Waals surface area contributed by atoms with E-state index < -0.39 is 17.4 Å². The van der Waals surface area contributed by atoms with Crippen molar-refractivity contribution >= 4 is 35.1 Å². The molecule has 1 unspecified atom stereocenters. The molecule has 0 radical (unpaired) electrons. The van der Waals surface area contributed by atoms with Crippen molar-refractivity contribution in [3.05, 3.63) is 46.7 Å². The number of ether oxygens (including phenoxy) is 1. The van der Waals surface area contributed by atoms with E-state index in [-0.39, 0.29) is 36.5 Å². The van der Waals surface area contributed by atoms with Crippen LogP contribution >= 0.6 is 11.6 Å². The zero-order valence-corrected chi connectivity index (χ0v) is 20.4. The third kappa shape index (κ3) is 4.82. The van der Waals surface area contributed by atoms with Gasteiger partial charge in [-0.1, -0.05) is 43.7 Å². The Hall–Kier alpha value is -2.87. The number of hydrogen-bond donors (Lipinski definition) is 1. The SMILES string of the molecule is CCOC(=O)c1cc2n(n1)CC(C)(C(=O)NC1CCCCCCC1)N(c1ccc(Cl)cc1)C2=O. The number of carbonyl (C=O) groups is 3. The van der Waals surface area contributed by atoms with Crippen LogP contribution in [0.15, 0.2) is 30.3 Å². The van der Waals surface area contributed by atoms with E-state index in [0.717, 1.165) is 25.7 Å². The van der Waals surface area contributed by atoms with Gasteiger partial charge in [0.1, 0.15) is 11.2 Å². The van der Waals surface area contributed by atoms with Crippen molar-refractivity contribution in [1.82, 2.24) is 15.1 Å². The number of rotatable bonds is 5. The molecule has 2 aliphatic rings. The molecule has 2 amide bonds. The van der Waals surface area contributed by atoms with Crippen LogP contribution in [0.3, 0.4) is 0 Å². The Labute approximate surface area is 204 Å². The molecular weight excluding hydrogens is 456 g/mol. The van der Waals surface area contributed by atoms with E-state index in [0.29, 0.717) is 10.7 Å². The summed E-state index contributed by atoms with van der Waals surface area (Å²) in [6, 6.07) is 8.32. The first-order valence-electron chi connectivity index (χ1n) is 12.0. The van der Waals surface area contributed by atoms with Gasteiger partial charge in [-0.2, -0.15) is 5.10 Å². The van der Waals surface area contributed by atoms with E-state index in [1.165, 1.54) is 34.9 Å². The lowest BCUT2D eigenvalue weighted by molar-refractivity contribution is -0.127. The predicted molar refractivity (Wildman–Crippen MR) is 129 cm³/mol. The highest BCUT2D eigenvalue weighted by Gasteiger charge is 2.49. The van der Waals surface area contributed by atoms with Crippen molar-refractivity contribution in [3.8, 4) is 0 Å². The molecule has 0 saturated heterocycles. The molecule has 1 aliphatic heterocycles. The third-order valence-electron chi connectivity index (χ3n) is 6.65. The minimum Gasteiger partial charge on any atom is -0.461 e. The van der Waals surface area contributed by atoms with Crippen molar-refractivity contribution in [2.24, 2.45) is 0 Å². The fourth-order valence-corrected chi connectivity index (χ4v) is 4.95. The predicted octanol–water partition coefficient (Wildman–Crippen LogP) is 4.36. The van der Waals surface area contributed by atoms with Gasteiger partial charge in [-0.15, -0.1) is 0 Å². The molecule has 4 rings (SSSR count). The number of amides is 2. The summed E-state index contributed by atoms with van der Waals surface area (Å²) in [4.78, 5) is 41.2. The Bertz CT molecular complexity index is 1060. The maximum absolute atomic E-state index is 13.8. The number of nitrogens with zero attached hydrogens (tertiary/aromatic N) is 3. The Morgan fingerprint density at radius 3 is 2.44 bits per heavy atom. The average Bonchev–Trinajstić information content (AvgIpc) is 3.21. The fourth-order valence-electron chi connectivity index (χ4n) is 4.82. The van der Waals surface area contributed by atoms with Gasteiger partial charge in [-0.3, -0.25) is 19.2 Å². The molecule has 0 spiro atoms. The van der Waals surface area contributed by atoms with E-state index in [1.807, 2.05) is 0 Å². The van der Waals surface area contributed by atoms with Gasteiger partial charge in [0, 0.05) is 22.8 Å². The maximum atomic E-state index is 13.8. The topological polar surface area (TPSA) is 93.5 Å². The van der Waals surface area contributed by atoms with Crippen LogP contribution < -0.4 is 10.2 Å². The number of benzene rings is 1. The molecule has 0 bridgehead atoms.